The van der Waals surface area contributed by atoms with Crippen molar-refractivity contribution in [2.75, 3.05) is 14.1 Å². The van der Waals surface area contributed by atoms with E-state index in [-0.39, 0.29) is 0 Å². The minimum Gasteiger partial charge on any atom is -0.323 e. The Morgan fingerprint density at radius 2 is 1.80 bits per heavy atom. The van der Waals surface area contributed by atoms with Crippen molar-refractivity contribution in [3.63, 3.8) is 0 Å². The second kappa shape index (κ2) is 7.07. The second-order valence-corrected chi connectivity index (χ2v) is 3.09. The molecule has 0 amide bonds. The van der Waals surface area contributed by atoms with Crippen molar-refractivity contribution in [1.82, 2.24) is 5.32 Å². The molecule has 0 heterocycles. The van der Waals surface area contributed by atoms with E-state index in [1.165, 1.54) is 32.1 Å². The third-order valence-electron chi connectivity index (χ3n) is 1.92. The van der Waals surface area contributed by atoms with Crippen LogP contribution in [0.2, 0.25) is 0 Å². The molecule has 0 aliphatic heterocycles. The van der Waals surface area contributed by atoms with E-state index in [1.54, 1.807) is 0 Å². The molecule has 10 heavy (non-hydrogen) atoms. The van der Waals surface area contributed by atoms with Gasteiger partial charge in [0, 0.05) is 0 Å². The van der Waals surface area contributed by atoms with E-state index in [1.807, 2.05) is 14.1 Å². The molecular weight excluding hydrogens is 122 g/mol. The first-order valence-electron chi connectivity index (χ1n) is 4.43. The van der Waals surface area contributed by atoms with Gasteiger partial charge in [0.25, 0.3) is 0 Å². The number of rotatable bonds is 2. The van der Waals surface area contributed by atoms with Gasteiger partial charge in [-0.15, -0.1) is 0 Å². The maximum Gasteiger partial charge on any atom is -0.0167 e. The first-order chi connectivity index (χ1) is 4.85. The topological polar surface area (TPSA) is 12.0 Å². The highest BCUT2D eigenvalue weighted by atomic mass is 14.7. The van der Waals surface area contributed by atoms with E-state index in [2.05, 4.69) is 12.2 Å². The van der Waals surface area contributed by atoms with Gasteiger partial charge in [-0.3, -0.25) is 0 Å². The van der Waals surface area contributed by atoms with Crippen molar-refractivity contribution < 1.29 is 0 Å². The predicted molar refractivity (Wildman–Crippen MR) is 47.2 cm³/mol. The molecule has 1 heteroatoms. The van der Waals surface area contributed by atoms with Crippen LogP contribution in [0.4, 0.5) is 0 Å². The van der Waals surface area contributed by atoms with Gasteiger partial charge in [0.15, 0.2) is 0 Å². The summed E-state index contributed by atoms with van der Waals surface area (Å²) in [7, 11) is 3.75. The minimum absolute atomic E-state index is 1.13. The largest absolute Gasteiger partial charge is 0.323 e. The highest BCUT2D eigenvalue weighted by molar-refractivity contribution is 4.67. The summed E-state index contributed by atoms with van der Waals surface area (Å²) in [6.07, 6.45) is 7.43. The molecule has 1 aliphatic rings. The van der Waals surface area contributed by atoms with Gasteiger partial charge >= 0.3 is 0 Å². The van der Waals surface area contributed by atoms with Crippen LogP contribution in [-0.4, -0.2) is 14.1 Å². The van der Waals surface area contributed by atoms with Crippen LogP contribution in [0.25, 0.3) is 0 Å². The van der Waals surface area contributed by atoms with Crippen molar-refractivity contribution in [2.45, 2.75) is 39.0 Å². The van der Waals surface area contributed by atoms with Crippen LogP contribution >= 0.6 is 0 Å². The summed E-state index contributed by atoms with van der Waals surface area (Å²) in [5, 5.41) is 2.75. The Bertz CT molecular complexity index is 57.7. The predicted octanol–water partition coefficient (Wildman–Crippen LogP) is 2.42. The first-order valence-corrected chi connectivity index (χ1v) is 4.43. The van der Waals surface area contributed by atoms with Gasteiger partial charge < -0.3 is 5.32 Å². The van der Waals surface area contributed by atoms with Crippen LogP contribution in [-0.2, 0) is 0 Å². The zero-order valence-corrected chi connectivity index (χ0v) is 7.61. The number of hydrogen-bond donors (Lipinski definition) is 1. The molecule has 62 valence electrons. The van der Waals surface area contributed by atoms with Crippen molar-refractivity contribution in [3.8, 4) is 0 Å². The zero-order valence-electron chi connectivity index (χ0n) is 7.61. The van der Waals surface area contributed by atoms with Gasteiger partial charge in [-0.2, -0.15) is 0 Å². The van der Waals surface area contributed by atoms with Gasteiger partial charge in [-0.05, 0) is 20.0 Å². The Hall–Kier alpha value is -0.0400. The SMILES string of the molecule is CCCC1CCC1.CNC. The molecule has 1 saturated carbocycles. The highest BCUT2D eigenvalue weighted by Crippen LogP contribution is 2.29. The summed E-state index contributed by atoms with van der Waals surface area (Å²) in [5.41, 5.74) is 0. The van der Waals surface area contributed by atoms with Crippen molar-refractivity contribution in [1.29, 1.82) is 0 Å². The van der Waals surface area contributed by atoms with E-state index in [0.29, 0.717) is 0 Å². The highest BCUT2D eigenvalue weighted by Gasteiger charge is 2.14. The van der Waals surface area contributed by atoms with Crippen molar-refractivity contribution in [3.05, 3.63) is 0 Å². The maximum atomic E-state index is 2.75. The summed E-state index contributed by atoms with van der Waals surface area (Å²) >= 11 is 0. The Labute approximate surface area is 65.2 Å². The molecule has 0 radical (unpaired) electrons. The lowest BCUT2D eigenvalue weighted by atomic mass is 9.82. The van der Waals surface area contributed by atoms with E-state index in [0.717, 1.165) is 5.92 Å². The molecule has 0 atom stereocenters. The minimum atomic E-state index is 1.13. The summed E-state index contributed by atoms with van der Waals surface area (Å²) < 4.78 is 0. The molecule has 1 rings (SSSR count). The molecule has 1 fully saturated rings. The normalized spacial score (nSPS) is 17.1. The van der Waals surface area contributed by atoms with Crippen LogP contribution in [0.1, 0.15) is 39.0 Å². The van der Waals surface area contributed by atoms with Crippen LogP contribution in [0.3, 0.4) is 0 Å². The summed E-state index contributed by atoms with van der Waals surface area (Å²) in [4.78, 5) is 0. The van der Waals surface area contributed by atoms with Crippen molar-refractivity contribution in [2.24, 2.45) is 5.92 Å². The summed E-state index contributed by atoms with van der Waals surface area (Å²) in [5.74, 6) is 1.13. The average molecular weight is 143 g/mol. The van der Waals surface area contributed by atoms with Crippen LogP contribution in [0.15, 0.2) is 0 Å². The maximum absolute atomic E-state index is 2.75. The number of nitrogens with one attached hydrogen (secondary N) is 1. The molecule has 1 nitrogen and oxygen atoms in total. The lowest BCUT2D eigenvalue weighted by Crippen LogP contribution is -2.09. The van der Waals surface area contributed by atoms with Crippen LogP contribution in [0, 0.1) is 5.92 Å². The molecule has 0 aromatic carbocycles. The van der Waals surface area contributed by atoms with E-state index >= 15 is 0 Å². The van der Waals surface area contributed by atoms with Gasteiger partial charge in [-0.25, -0.2) is 0 Å². The summed E-state index contributed by atoms with van der Waals surface area (Å²) in [6, 6.07) is 0. The van der Waals surface area contributed by atoms with E-state index in [4.69, 9.17) is 0 Å². The molecule has 1 aliphatic carbocycles. The first kappa shape index (κ1) is 9.96. The molecule has 0 saturated heterocycles. The van der Waals surface area contributed by atoms with Crippen LogP contribution < -0.4 is 5.32 Å². The number of hydrogen-bond acceptors (Lipinski definition) is 1. The van der Waals surface area contributed by atoms with E-state index < -0.39 is 0 Å². The third-order valence-corrected chi connectivity index (χ3v) is 1.92. The Balaban J connectivity index is 0.000000236. The smallest absolute Gasteiger partial charge is 0.0167 e. The quantitative estimate of drug-likeness (QED) is 0.626. The monoisotopic (exact) mass is 143 g/mol. The Kier molecular flexibility index (Phi) is 7.04. The molecule has 0 aromatic rings. The van der Waals surface area contributed by atoms with Gasteiger partial charge in [-0.1, -0.05) is 39.0 Å². The fourth-order valence-electron chi connectivity index (χ4n) is 1.19. The zero-order chi connectivity index (χ0) is 7.82. The standard InChI is InChI=1S/C7H14.C2H7N/c1-2-4-7-5-3-6-7;1-3-2/h7H,2-6H2,1H3;3H,1-2H3. The second-order valence-electron chi connectivity index (χ2n) is 3.09. The van der Waals surface area contributed by atoms with Gasteiger partial charge in [0.05, 0.1) is 0 Å². The molecule has 1 N–H and O–H groups in total. The molecule has 0 unspecified atom stereocenters. The molecule has 0 spiro atoms. The Morgan fingerprint density at radius 3 is 1.90 bits per heavy atom. The van der Waals surface area contributed by atoms with Crippen molar-refractivity contribution >= 4 is 0 Å². The average Bonchev–Trinajstić information content (AvgIpc) is 1.81. The van der Waals surface area contributed by atoms with Gasteiger partial charge in [0.1, 0.15) is 0 Å². The van der Waals surface area contributed by atoms with E-state index in [9.17, 15) is 0 Å². The fraction of sp³-hybridized carbons (Fsp3) is 1.00. The summed E-state index contributed by atoms with van der Waals surface area (Å²) in [6.45, 7) is 2.28. The third kappa shape index (κ3) is 4.80. The molecular formula is C9H21N. The van der Waals surface area contributed by atoms with Crippen LogP contribution in [0.5, 0.6) is 0 Å². The molecule has 0 aromatic heterocycles. The fourth-order valence-corrected chi connectivity index (χ4v) is 1.19. The Morgan fingerprint density at radius 1 is 1.30 bits per heavy atom. The lowest BCUT2D eigenvalue weighted by molar-refractivity contribution is 0.294. The molecule has 0 bridgehead atoms. The van der Waals surface area contributed by atoms with Gasteiger partial charge in [0.2, 0.25) is 0 Å². The lowest BCUT2D eigenvalue weighted by Gasteiger charge is -2.24.